The van der Waals surface area contributed by atoms with Gasteiger partial charge in [-0.25, -0.2) is 4.90 Å². The number of benzene rings is 4. The molecule has 7 heteroatoms. The molecule has 0 saturated carbocycles. The summed E-state index contributed by atoms with van der Waals surface area (Å²) in [5.74, 6) is -2.86. The smallest absolute Gasteiger partial charge is 0.319 e. The van der Waals surface area contributed by atoms with Crippen molar-refractivity contribution in [3.63, 3.8) is 0 Å². The predicted molar refractivity (Wildman–Crippen MR) is 149 cm³/mol. The second kappa shape index (κ2) is 9.09. The Bertz CT molecular complexity index is 1740. The highest BCUT2D eigenvalue weighted by molar-refractivity contribution is 6.25. The van der Waals surface area contributed by atoms with Crippen molar-refractivity contribution < 1.29 is 28.6 Å². The van der Waals surface area contributed by atoms with E-state index in [-0.39, 0.29) is 5.91 Å². The van der Waals surface area contributed by atoms with Gasteiger partial charge in [-0.2, -0.15) is 0 Å². The lowest BCUT2D eigenvalue weighted by atomic mass is 9.64. The van der Waals surface area contributed by atoms with Gasteiger partial charge in [0.05, 0.1) is 37.7 Å². The van der Waals surface area contributed by atoms with E-state index in [0.717, 1.165) is 21.9 Å². The standard InChI is InChI=1S/C33H25NO6/c1-38-20-14-11-19(12-15-20)23-17-24-22-16-13-18-7-3-4-8-21(18)30(22)40-33(37)28(24)29-27(23)31(35)34(32(29)36)25-9-5-6-10-26(25)39-2/h3-17,23,27-29H,1-2H3/t23-,27+,28-,29-/m0/s1. The second-order valence-corrected chi connectivity index (χ2v) is 10.2. The lowest BCUT2D eigenvalue weighted by Gasteiger charge is -2.38. The second-order valence-electron chi connectivity index (χ2n) is 10.2. The van der Waals surface area contributed by atoms with Gasteiger partial charge in [-0.05, 0) is 40.8 Å². The largest absolute Gasteiger partial charge is 0.497 e. The highest BCUT2D eigenvalue weighted by atomic mass is 16.5. The fourth-order valence-corrected chi connectivity index (χ4v) is 6.49. The lowest BCUT2D eigenvalue weighted by Crippen LogP contribution is -2.42. The molecule has 0 bridgehead atoms. The molecule has 7 nitrogen and oxygen atoms in total. The van der Waals surface area contributed by atoms with Gasteiger partial charge >= 0.3 is 5.97 Å². The number of fused-ring (bicyclic) bond motifs is 7. The number of para-hydroxylation sites is 2. The van der Waals surface area contributed by atoms with E-state index in [2.05, 4.69) is 0 Å². The van der Waals surface area contributed by atoms with Gasteiger partial charge in [-0.1, -0.05) is 66.7 Å². The molecule has 0 N–H and O–H groups in total. The van der Waals surface area contributed by atoms with Gasteiger partial charge in [0.25, 0.3) is 0 Å². The molecule has 0 radical (unpaired) electrons. The molecule has 2 heterocycles. The molecule has 198 valence electrons. The van der Waals surface area contributed by atoms with Crippen molar-refractivity contribution in [2.75, 3.05) is 19.1 Å². The third-order valence-corrected chi connectivity index (χ3v) is 8.31. The molecule has 0 aromatic heterocycles. The first-order valence-corrected chi connectivity index (χ1v) is 13.1. The van der Waals surface area contributed by atoms with E-state index in [0.29, 0.717) is 28.5 Å². The molecule has 0 spiro atoms. The van der Waals surface area contributed by atoms with Gasteiger partial charge in [-0.15, -0.1) is 0 Å². The van der Waals surface area contributed by atoms with Crippen molar-refractivity contribution in [3.05, 3.63) is 102 Å². The third-order valence-electron chi connectivity index (χ3n) is 8.31. The third kappa shape index (κ3) is 3.40. The molecular formula is C33H25NO6. The number of hydrogen-bond donors (Lipinski definition) is 0. The van der Waals surface area contributed by atoms with Crippen LogP contribution in [-0.4, -0.2) is 32.0 Å². The first-order valence-electron chi connectivity index (χ1n) is 13.1. The summed E-state index contributed by atoms with van der Waals surface area (Å²) in [5.41, 5.74) is 2.68. The van der Waals surface area contributed by atoms with Gasteiger partial charge in [0.15, 0.2) is 0 Å². The molecule has 1 aliphatic carbocycles. The van der Waals surface area contributed by atoms with Gasteiger partial charge < -0.3 is 14.2 Å². The van der Waals surface area contributed by atoms with Crippen molar-refractivity contribution in [3.8, 4) is 17.2 Å². The monoisotopic (exact) mass is 531 g/mol. The van der Waals surface area contributed by atoms with Gasteiger partial charge in [0.1, 0.15) is 17.2 Å². The fourth-order valence-electron chi connectivity index (χ4n) is 6.49. The molecule has 1 fully saturated rings. The van der Waals surface area contributed by atoms with Crippen LogP contribution in [0.1, 0.15) is 17.0 Å². The number of amides is 2. The number of allylic oxidation sites excluding steroid dienone is 1. The van der Waals surface area contributed by atoms with Gasteiger partial charge in [0.2, 0.25) is 11.8 Å². The van der Waals surface area contributed by atoms with E-state index in [1.165, 1.54) is 12.0 Å². The average molecular weight is 532 g/mol. The minimum absolute atomic E-state index is 0.361. The summed E-state index contributed by atoms with van der Waals surface area (Å²) in [6, 6.07) is 26.1. The van der Waals surface area contributed by atoms with Crippen LogP contribution in [0.4, 0.5) is 5.69 Å². The number of hydrogen-bond acceptors (Lipinski definition) is 6. The molecular weight excluding hydrogens is 506 g/mol. The van der Waals surface area contributed by atoms with E-state index in [1.54, 1.807) is 31.4 Å². The first-order chi connectivity index (χ1) is 19.5. The molecule has 2 aliphatic heterocycles. The molecule has 4 aromatic rings. The highest BCUT2D eigenvalue weighted by Gasteiger charge is 2.60. The van der Waals surface area contributed by atoms with Crippen LogP contribution in [0, 0.1) is 17.8 Å². The van der Waals surface area contributed by atoms with Crippen LogP contribution in [0.3, 0.4) is 0 Å². The minimum atomic E-state index is -0.934. The summed E-state index contributed by atoms with van der Waals surface area (Å²) in [6.45, 7) is 0. The Kier molecular flexibility index (Phi) is 5.49. The number of rotatable bonds is 4. The number of ether oxygens (including phenoxy) is 3. The summed E-state index contributed by atoms with van der Waals surface area (Å²) >= 11 is 0. The topological polar surface area (TPSA) is 82.1 Å². The van der Waals surface area contributed by atoms with E-state index in [4.69, 9.17) is 14.2 Å². The van der Waals surface area contributed by atoms with Crippen LogP contribution in [0.2, 0.25) is 0 Å². The van der Waals surface area contributed by atoms with Crippen LogP contribution < -0.4 is 19.1 Å². The Morgan fingerprint density at radius 2 is 1.48 bits per heavy atom. The zero-order chi connectivity index (χ0) is 27.5. The van der Waals surface area contributed by atoms with Crippen molar-refractivity contribution >= 4 is 39.8 Å². The van der Waals surface area contributed by atoms with E-state index in [9.17, 15) is 14.4 Å². The summed E-state index contributed by atoms with van der Waals surface area (Å²) < 4.78 is 16.8. The number of esters is 1. The maximum absolute atomic E-state index is 14.2. The minimum Gasteiger partial charge on any atom is -0.497 e. The zero-order valence-corrected chi connectivity index (χ0v) is 21.9. The van der Waals surface area contributed by atoms with E-state index >= 15 is 0 Å². The fraction of sp³-hybridized carbons (Fsp3) is 0.182. The first kappa shape index (κ1) is 24.2. The zero-order valence-electron chi connectivity index (χ0n) is 21.9. The predicted octanol–water partition coefficient (Wildman–Crippen LogP) is 5.38. The normalized spacial score (nSPS) is 23.2. The summed E-state index contributed by atoms with van der Waals surface area (Å²) in [6.07, 6.45) is 1.98. The van der Waals surface area contributed by atoms with Crippen molar-refractivity contribution in [2.24, 2.45) is 17.8 Å². The Morgan fingerprint density at radius 1 is 0.750 bits per heavy atom. The number of methoxy groups -OCH3 is 2. The molecule has 40 heavy (non-hydrogen) atoms. The van der Waals surface area contributed by atoms with E-state index in [1.807, 2.05) is 66.7 Å². The molecule has 4 atom stereocenters. The maximum Gasteiger partial charge on any atom is 0.319 e. The van der Waals surface area contributed by atoms with Crippen LogP contribution in [0.15, 0.2) is 91.0 Å². The number of anilines is 1. The van der Waals surface area contributed by atoms with Crippen LogP contribution in [0.5, 0.6) is 17.2 Å². The molecule has 7 rings (SSSR count). The van der Waals surface area contributed by atoms with Crippen molar-refractivity contribution in [1.82, 2.24) is 0 Å². The van der Waals surface area contributed by atoms with Crippen LogP contribution >= 0.6 is 0 Å². The Balaban J connectivity index is 1.44. The summed E-state index contributed by atoms with van der Waals surface area (Å²) in [4.78, 5) is 43.3. The van der Waals surface area contributed by atoms with Gasteiger partial charge in [-0.3, -0.25) is 14.4 Å². The number of nitrogens with zero attached hydrogens (tertiary/aromatic N) is 1. The Labute approximate surface area is 230 Å². The lowest BCUT2D eigenvalue weighted by molar-refractivity contribution is -0.142. The van der Waals surface area contributed by atoms with Crippen LogP contribution in [-0.2, 0) is 14.4 Å². The number of carbonyl (C=O) groups is 3. The summed E-state index contributed by atoms with van der Waals surface area (Å²) in [5, 5.41) is 1.77. The molecule has 0 unspecified atom stereocenters. The number of carbonyl (C=O) groups excluding carboxylic acids is 3. The summed E-state index contributed by atoms with van der Waals surface area (Å²) in [7, 11) is 3.09. The van der Waals surface area contributed by atoms with Gasteiger partial charge in [0, 0.05) is 16.9 Å². The molecule has 3 aliphatic rings. The Hall–Kier alpha value is -4.91. The Morgan fingerprint density at radius 3 is 2.25 bits per heavy atom. The SMILES string of the molecule is COc1ccc([C@@H]2C=C3c4ccc5ccccc5c4OC(=O)[C@@H]3[C@H]3C(=O)N(c4ccccc4OC)C(=O)[C@@H]32)cc1. The quantitative estimate of drug-likeness (QED) is 0.200. The molecule has 2 amide bonds. The van der Waals surface area contributed by atoms with Crippen molar-refractivity contribution in [2.45, 2.75) is 5.92 Å². The van der Waals surface area contributed by atoms with Crippen LogP contribution in [0.25, 0.3) is 16.3 Å². The maximum atomic E-state index is 14.2. The average Bonchev–Trinajstić information content (AvgIpc) is 3.26. The number of imide groups is 1. The van der Waals surface area contributed by atoms with Crippen molar-refractivity contribution in [1.29, 1.82) is 0 Å². The molecule has 1 saturated heterocycles. The van der Waals surface area contributed by atoms with E-state index < -0.39 is 35.5 Å². The molecule has 4 aromatic carbocycles. The highest BCUT2D eigenvalue weighted by Crippen LogP contribution is 2.56.